The SMILES string of the molecule is COc1ccc2cc1OCCCN(C(=O)[C@H]1CCCO1)CC(=O)N[C@@H](C(C)C)C(=O)NCc1nc-2oc1C. The number of amides is 3. The number of benzene rings is 1. The molecule has 1 fully saturated rings. The average Bonchev–Trinajstić information content (AvgIpc) is 3.56. The Labute approximate surface area is 222 Å². The summed E-state index contributed by atoms with van der Waals surface area (Å²) in [5.41, 5.74) is 1.28. The van der Waals surface area contributed by atoms with E-state index < -0.39 is 18.1 Å². The topological polar surface area (TPSA) is 132 Å². The highest BCUT2D eigenvalue weighted by atomic mass is 16.5. The molecule has 2 atom stereocenters. The van der Waals surface area contributed by atoms with Crippen LogP contribution >= 0.6 is 0 Å². The Morgan fingerprint density at radius 2 is 2.03 bits per heavy atom. The van der Waals surface area contributed by atoms with Gasteiger partial charge in [0.05, 0.1) is 26.8 Å². The van der Waals surface area contributed by atoms with Crippen molar-refractivity contribution in [3.05, 3.63) is 29.7 Å². The number of rotatable bonds is 3. The van der Waals surface area contributed by atoms with Gasteiger partial charge in [0.2, 0.25) is 17.7 Å². The van der Waals surface area contributed by atoms with Crippen LogP contribution in [0.5, 0.6) is 11.5 Å². The fourth-order valence-electron chi connectivity index (χ4n) is 4.53. The summed E-state index contributed by atoms with van der Waals surface area (Å²) in [7, 11) is 1.56. The Morgan fingerprint density at radius 1 is 1.21 bits per heavy atom. The molecule has 0 aliphatic carbocycles. The lowest BCUT2D eigenvalue weighted by Crippen LogP contribution is -2.53. The van der Waals surface area contributed by atoms with Crippen molar-refractivity contribution in [1.29, 1.82) is 0 Å². The van der Waals surface area contributed by atoms with Crippen LogP contribution in [-0.2, 0) is 25.7 Å². The van der Waals surface area contributed by atoms with E-state index in [9.17, 15) is 14.4 Å². The highest BCUT2D eigenvalue weighted by Gasteiger charge is 2.31. The molecule has 11 heteroatoms. The van der Waals surface area contributed by atoms with Gasteiger partial charge in [-0.05, 0) is 50.3 Å². The maximum absolute atomic E-state index is 13.2. The predicted octanol–water partition coefficient (Wildman–Crippen LogP) is 2.21. The fraction of sp³-hybridized carbons (Fsp3) is 0.556. The zero-order valence-electron chi connectivity index (χ0n) is 22.4. The number of carbonyl (C=O) groups excluding carboxylic acids is 3. The summed E-state index contributed by atoms with van der Waals surface area (Å²) < 4.78 is 22.9. The number of aromatic nitrogens is 1. The number of carbonyl (C=O) groups is 3. The van der Waals surface area contributed by atoms with Crippen molar-refractivity contribution >= 4 is 17.7 Å². The van der Waals surface area contributed by atoms with E-state index >= 15 is 0 Å². The van der Waals surface area contributed by atoms with E-state index in [0.29, 0.717) is 53.9 Å². The van der Waals surface area contributed by atoms with Crippen molar-refractivity contribution in [2.45, 2.75) is 58.7 Å². The minimum atomic E-state index is -0.778. The summed E-state index contributed by atoms with van der Waals surface area (Å²) in [5.74, 6) is 0.860. The van der Waals surface area contributed by atoms with Gasteiger partial charge in [-0.25, -0.2) is 4.98 Å². The normalized spacial score (nSPS) is 21.2. The van der Waals surface area contributed by atoms with E-state index in [-0.39, 0.29) is 44.0 Å². The van der Waals surface area contributed by atoms with Gasteiger partial charge in [0, 0.05) is 18.7 Å². The van der Waals surface area contributed by atoms with Crippen LogP contribution in [0.15, 0.2) is 22.6 Å². The van der Waals surface area contributed by atoms with Gasteiger partial charge in [0.1, 0.15) is 23.6 Å². The molecule has 3 amide bonds. The number of methoxy groups -OCH3 is 1. The molecule has 38 heavy (non-hydrogen) atoms. The molecule has 2 N–H and O–H groups in total. The lowest BCUT2D eigenvalue weighted by Gasteiger charge is -2.27. The number of ether oxygens (including phenoxy) is 3. The van der Waals surface area contributed by atoms with Crippen LogP contribution in [0.4, 0.5) is 0 Å². The quantitative estimate of drug-likeness (QED) is 0.620. The summed E-state index contributed by atoms with van der Waals surface area (Å²) in [6, 6.07) is 4.60. The summed E-state index contributed by atoms with van der Waals surface area (Å²) in [4.78, 5) is 45.3. The van der Waals surface area contributed by atoms with E-state index in [1.807, 2.05) is 19.9 Å². The molecule has 0 spiro atoms. The Hall–Kier alpha value is -3.60. The van der Waals surface area contributed by atoms with Crippen LogP contribution in [0.2, 0.25) is 0 Å². The van der Waals surface area contributed by atoms with E-state index in [4.69, 9.17) is 18.6 Å². The summed E-state index contributed by atoms with van der Waals surface area (Å²) >= 11 is 0. The highest BCUT2D eigenvalue weighted by Crippen LogP contribution is 2.33. The van der Waals surface area contributed by atoms with Crippen LogP contribution < -0.4 is 20.1 Å². The van der Waals surface area contributed by atoms with Crippen molar-refractivity contribution in [3.63, 3.8) is 0 Å². The largest absolute Gasteiger partial charge is 0.493 e. The molecule has 0 unspecified atom stereocenters. The molecule has 2 aromatic rings. The predicted molar refractivity (Wildman–Crippen MR) is 138 cm³/mol. The van der Waals surface area contributed by atoms with Gasteiger partial charge < -0.3 is 34.2 Å². The summed E-state index contributed by atoms with van der Waals surface area (Å²) in [6.07, 6.45) is 1.33. The van der Waals surface area contributed by atoms with Crippen LogP contribution in [0.3, 0.4) is 0 Å². The van der Waals surface area contributed by atoms with Gasteiger partial charge in [-0.1, -0.05) is 13.8 Å². The maximum atomic E-state index is 13.2. The van der Waals surface area contributed by atoms with E-state index in [1.165, 1.54) is 4.90 Å². The molecule has 2 aliphatic rings. The number of fused-ring (bicyclic) bond motifs is 5. The third-order valence-corrected chi connectivity index (χ3v) is 6.68. The molecular weight excluding hydrogens is 492 g/mol. The van der Waals surface area contributed by atoms with Gasteiger partial charge in [-0.15, -0.1) is 0 Å². The number of hydrogen-bond donors (Lipinski definition) is 2. The molecule has 11 nitrogen and oxygen atoms in total. The molecule has 0 saturated carbocycles. The molecule has 1 saturated heterocycles. The molecular formula is C27H36N4O7. The molecule has 4 bridgehead atoms. The summed E-state index contributed by atoms with van der Waals surface area (Å²) in [6.45, 7) is 6.53. The van der Waals surface area contributed by atoms with Gasteiger partial charge in [0.15, 0.2) is 11.5 Å². The highest BCUT2D eigenvalue weighted by molar-refractivity contribution is 5.91. The first-order chi connectivity index (χ1) is 18.3. The number of hydrogen-bond acceptors (Lipinski definition) is 8. The molecule has 4 rings (SSSR count). The zero-order valence-corrected chi connectivity index (χ0v) is 22.4. The third-order valence-electron chi connectivity index (χ3n) is 6.68. The fourth-order valence-corrected chi connectivity index (χ4v) is 4.53. The Bertz CT molecular complexity index is 1160. The van der Waals surface area contributed by atoms with Gasteiger partial charge in [0.25, 0.3) is 5.91 Å². The number of nitrogens with one attached hydrogen (secondary N) is 2. The van der Waals surface area contributed by atoms with Gasteiger partial charge >= 0.3 is 0 Å². The van der Waals surface area contributed by atoms with Crippen molar-refractivity contribution in [1.82, 2.24) is 20.5 Å². The smallest absolute Gasteiger partial charge is 0.252 e. The Kier molecular flexibility index (Phi) is 8.88. The van der Waals surface area contributed by atoms with Crippen molar-refractivity contribution in [2.75, 3.05) is 33.4 Å². The monoisotopic (exact) mass is 528 g/mol. The summed E-state index contributed by atoms with van der Waals surface area (Å²) in [5, 5.41) is 5.66. The molecule has 1 aromatic carbocycles. The zero-order chi connectivity index (χ0) is 27.2. The first-order valence-corrected chi connectivity index (χ1v) is 13.0. The van der Waals surface area contributed by atoms with Crippen LogP contribution in [0.1, 0.15) is 44.6 Å². The van der Waals surface area contributed by atoms with Gasteiger partial charge in [-0.2, -0.15) is 0 Å². The van der Waals surface area contributed by atoms with Crippen molar-refractivity contribution in [3.8, 4) is 23.0 Å². The number of aryl methyl sites for hydroxylation is 1. The number of oxazole rings is 1. The van der Waals surface area contributed by atoms with E-state index in [1.54, 1.807) is 26.2 Å². The Morgan fingerprint density at radius 3 is 2.74 bits per heavy atom. The molecule has 3 heterocycles. The minimum Gasteiger partial charge on any atom is -0.493 e. The lowest BCUT2D eigenvalue weighted by atomic mass is 10.0. The molecule has 206 valence electrons. The van der Waals surface area contributed by atoms with Gasteiger partial charge in [-0.3, -0.25) is 14.4 Å². The second-order valence-electron chi connectivity index (χ2n) is 9.86. The van der Waals surface area contributed by atoms with Crippen LogP contribution in [0.25, 0.3) is 11.5 Å². The van der Waals surface area contributed by atoms with Crippen molar-refractivity contribution < 1.29 is 33.0 Å². The second-order valence-corrected chi connectivity index (χ2v) is 9.86. The first kappa shape index (κ1) is 27.4. The van der Waals surface area contributed by atoms with Crippen LogP contribution in [0, 0.1) is 12.8 Å². The third kappa shape index (κ3) is 6.45. The van der Waals surface area contributed by atoms with Crippen molar-refractivity contribution in [2.24, 2.45) is 5.92 Å². The lowest BCUT2D eigenvalue weighted by molar-refractivity contribution is -0.144. The second kappa shape index (κ2) is 12.3. The molecule has 0 radical (unpaired) electrons. The minimum absolute atomic E-state index is 0.135. The molecule has 2 aliphatic heterocycles. The Balaban J connectivity index is 1.62. The maximum Gasteiger partial charge on any atom is 0.252 e. The molecule has 1 aromatic heterocycles. The van der Waals surface area contributed by atoms with Crippen LogP contribution in [-0.4, -0.2) is 73.2 Å². The standard InChI is InChI=1S/C27H36N4O7/c1-16(2)24-25(33)28-14-19-17(3)38-26(29-19)18-8-9-20(35-4)22(13-18)37-12-6-10-31(15-23(32)30-24)27(34)21-7-5-11-36-21/h8-9,13,16,21,24H,5-7,10-12,14-15H2,1-4H3,(H,28,33)(H,30,32)/t21-,24+/m1/s1. The average molecular weight is 529 g/mol. The number of nitrogens with zero attached hydrogens (tertiary/aromatic N) is 2. The van der Waals surface area contributed by atoms with E-state index in [2.05, 4.69) is 15.6 Å². The first-order valence-electron chi connectivity index (χ1n) is 13.0. The van der Waals surface area contributed by atoms with E-state index in [0.717, 1.165) is 6.42 Å².